The first-order valence-electron chi connectivity index (χ1n) is 2.66. The first-order chi connectivity index (χ1) is 4.43. The van der Waals surface area contributed by atoms with Gasteiger partial charge in [0.05, 0.1) is 0 Å². The third-order valence-electron chi connectivity index (χ3n) is 0.981. The van der Waals surface area contributed by atoms with Crippen LogP contribution in [0.2, 0.25) is 0 Å². The summed E-state index contributed by atoms with van der Waals surface area (Å²) in [6, 6.07) is 10.0. The molecule has 9 heavy (non-hydrogen) atoms. The summed E-state index contributed by atoms with van der Waals surface area (Å²) in [6.07, 6.45) is 0. The summed E-state index contributed by atoms with van der Waals surface area (Å²) in [5.74, 6) is 3.02. The van der Waals surface area contributed by atoms with Crippen LogP contribution in [0.1, 0.15) is 5.56 Å². The number of rotatable bonds is 0. The van der Waals surface area contributed by atoms with E-state index in [1.165, 1.54) is 0 Å². The molecule has 0 aliphatic carbocycles. The summed E-state index contributed by atoms with van der Waals surface area (Å²) in [4.78, 5) is 0. The predicted octanol–water partition coefficient (Wildman–Crippen LogP) is 1.16. The molecular formula is C8H5Pb. The maximum atomic E-state index is 3.02. The molecule has 0 aliphatic rings. The Morgan fingerprint density at radius 3 is 2.33 bits per heavy atom. The van der Waals surface area contributed by atoms with Crippen molar-refractivity contribution in [2.24, 2.45) is 0 Å². The minimum absolute atomic E-state index is 0.963. The van der Waals surface area contributed by atoms with Crippen molar-refractivity contribution in [3.8, 4) is 9.40 Å². The van der Waals surface area contributed by atoms with Crippen LogP contribution in [-0.4, -0.2) is 25.8 Å². The fourth-order valence-corrected chi connectivity index (χ4v) is 1.15. The Balaban J connectivity index is 2.94. The van der Waals surface area contributed by atoms with Crippen LogP contribution in [0, 0.1) is 9.40 Å². The molecule has 0 fully saturated rings. The van der Waals surface area contributed by atoms with Crippen LogP contribution in [0.3, 0.4) is 0 Å². The van der Waals surface area contributed by atoms with Gasteiger partial charge in [0.1, 0.15) is 0 Å². The van der Waals surface area contributed by atoms with Gasteiger partial charge in [0.2, 0.25) is 0 Å². The van der Waals surface area contributed by atoms with E-state index in [2.05, 4.69) is 9.40 Å². The summed E-state index contributed by atoms with van der Waals surface area (Å²) in [5.41, 5.74) is 1.12. The number of hydrogen-bond acceptors (Lipinski definition) is 0. The molecule has 0 unspecified atom stereocenters. The zero-order valence-corrected chi connectivity index (χ0v) is 8.77. The van der Waals surface area contributed by atoms with Crippen LogP contribution in [0.25, 0.3) is 0 Å². The van der Waals surface area contributed by atoms with Gasteiger partial charge in [0, 0.05) is 0 Å². The van der Waals surface area contributed by atoms with Gasteiger partial charge in [0.15, 0.2) is 0 Å². The van der Waals surface area contributed by atoms with Crippen molar-refractivity contribution in [2.75, 3.05) is 0 Å². The van der Waals surface area contributed by atoms with Crippen LogP contribution >= 0.6 is 0 Å². The Bertz CT molecular complexity index is 228. The van der Waals surface area contributed by atoms with Gasteiger partial charge in [0.25, 0.3) is 0 Å². The SMILES string of the molecule is [Pb][C]#Cc1ccccc1. The Morgan fingerprint density at radius 2 is 1.78 bits per heavy atom. The van der Waals surface area contributed by atoms with Crippen molar-refractivity contribution in [1.82, 2.24) is 0 Å². The van der Waals surface area contributed by atoms with E-state index in [-0.39, 0.29) is 0 Å². The van der Waals surface area contributed by atoms with Gasteiger partial charge in [-0.25, -0.2) is 0 Å². The second-order valence-electron chi connectivity index (χ2n) is 1.62. The van der Waals surface area contributed by atoms with Crippen molar-refractivity contribution < 1.29 is 0 Å². The molecule has 1 rings (SSSR count). The van der Waals surface area contributed by atoms with E-state index in [1.54, 1.807) is 0 Å². The van der Waals surface area contributed by atoms with Gasteiger partial charge in [-0.1, -0.05) is 0 Å². The molecule has 0 amide bonds. The van der Waals surface area contributed by atoms with E-state index >= 15 is 0 Å². The Kier molecular flexibility index (Phi) is 2.78. The molecular weight excluding hydrogens is 303 g/mol. The van der Waals surface area contributed by atoms with E-state index in [4.69, 9.17) is 0 Å². The Morgan fingerprint density at radius 1 is 1.11 bits per heavy atom. The zero-order valence-electron chi connectivity index (χ0n) is 4.89. The zero-order chi connectivity index (χ0) is 6.53. The van der Waals surface area contributed by atoms with Crippen molar-refractivity contribution in [3.05, 3.63) is 35.9 Å². The Hall–Kier alpha value is -0.298. The molecule has 0 bridgehead atoms. The molecule has 1 aromatic carbocycles. The molecule has 0 atom stereocenters. The van der Waals surface area contributed by atoms with Crippen molar-refractivity contribution >= 4 is 25.8 Å². The molecule has 0 aliphatic heterocycles. The van der Waals surface area contributed by atoms with Gasteiger partial charge >= 0.3 is 71.1 Å². The topological polar surface area (TPSA) is 0 Å². The summed E-state index contributed by atoms with van der Waals surface area (Å²) >= 11 is 0.963. The van der Waals surface area contributed by atoms with Crippen molar-refractivity contribution in [3.63, 3.8) is 0 Å². The quantitative estimate of drug-likeness (QED) is 0.498. The maximum absolute atomic E-state index is 3.02. The van der Waals surface area contributed by atoms with Crippen molar-refractivity contribution in [2.45, 2.75) is 0 Å². The monoisotopic (exact) mass is 309 g/mol. The van der Waals surface area contributed by atoms with Crippen LogP contribution in [-0.2, 0) is 0 Å². The summed E-state index contributed by atoms with van der Waals surface area (Å²) in [6.45, 7) is 0. The molecule has 1 aromatic rings. The molecule has 3 radical (unpaired) electrons. The average molecular weight is 308 g/mol. The van der Waals surface area contributed by atoms with E-state index in [9.17, 15) is 0 Å². The Labute approximate surface area is 71.0 Å². The standard InChI is InChI=1S/C8H5.Pb/c1-2-8-6-4-3-5-7-8;/h3-7H;. The first-order valence-corrected chi connectivity index (χ1v) is 4.60. The van der Waals surface area contributed by atoms with E-state index in [0.717, 1.165) is 31.3 Å². The molecule has 41 valence electrons. The van der Waals surface area contributed by atoms with E-state index < -0.39 is 0 Å². The summed E-state index contributed by atoms with van der Waals surface area (Å²) in [7, 11) is 0. The number of benzene rings is 1. The first kappa shape index (κ1) is 6.82. The summed E-state index contributed by atoms with van der Waals surface area (Å²) < 4.78 is 2.97. The molecule has 0 heterocycles. The van der Waals surface area contributed by atoms with Gasteiger partial charge in [-0.3, -0.25) is 0 Å². The van der Waals surface area contributed by atoms with Crippen LogP contribution in [0.4, 0.5) is 0 Å². The predicted molar refractivity (Wildman–Crippen MR) is 39.1 cm³/mol. The van der Waals surface area contributed by atoms with Crippen molar-refractivity contribution in [1.29, 1.82) is 0 Å². The van der Waals surface area contributed by atoms with Gasteiger partial charge in [-0.15, -0.1) is 0 Å². The molecule has 0 spiro atoms. The number of hydrogen-bond donors (Lipinski definition) is 0. The molecule has 1 heteroatoms. The summed E-state index contributed by atoms with van der Waals surface area (Å²) in [5, 5.41) is 0. The molecule has 0 aromatic heterocycles. The van der Waals surface area contributed by atoms with Gasteiger partial charge < -0.3 is 0 Å². The normalized spacial score (nSPS) is 7.67. The second-order valence-corrected chi connectivity index (χ2v) is 2.59. The third kappa shape index (κ3) is 2.19. The van der Waals surface area contributed by atoms with E-state index in [0.29, 0.717) is 0 Å². The van der Waals surface area contributed by atoms with Crippen LogP contribution in [0.15, 0.2) is 30.3 Å². The molecule has 0 nitrogen and oxygen atoms in total. The molecule has 0 saturated carbocycles. The third-order valence-corrected chi connectivity index (χ3v) is 1.47. The minimum atomic E-state index is 0.963. The van der Waals surface area contributed by atoms with Gasteiger partial charge in [-0.05, 0) is 0 Å². The molecule has 0 saturated heterocycles. The van der Waals surface area contributed by atoms with E-state index in [1.807, 2.05) is 30.3 Å². The van der Waals surface area contributed by atoms with Gasteiger partial charge in [-0.2, -0.15) is 0 Å². The molecule has 0 N–H and O–H groups in total. The fraction of sp³-hybridized carbons (Fsp3) is 0. The fourth-order valence-electron chi connectivity index (χ4n) is 0.594. The van der Waals surface area contributed by atoms with Crippen LogP contribution < -0.4 is 0 Å². The average Bonchev–Trinajstić information content (AvgIpc) is 1.91. The van der Waals surface area contributed by atoms with Crippen LogP contribution in [0.5, 0.6) is 0 Å². The second kappa shape index (κ2) is 3.68.